The largest absolute Gasteiger partial charge is 0.207 e. The summed E-state index contributed by atoms with van der Waals surface area (Å²) in [4.78, 5) is 0. The van der Waals surface area contributed by atoms with Crippen molar-refractivity contribution in [2.45, 2.75) is 46.5 Å². The lowest BCUT2D eigenvalue weighted by Crippen LogP contribution is -1.99. The normalized spacial score (nSPS) is 13.2. The fraction of sp³-hybridized carbons (Fsp3) is 0.571. The van der Waals surface area contributed by atoms with Crippen LogP contribution in [0.2, 0.25) is 0 Å². The van der Waals surface area contributed by atoms with E-state index in [4.69, 9.17) is 0 Å². The monoisotopic (exact) mass is 208 g/mol. The van der Waals surface area contributed by atoms with Gasteiger partial charge in [-0.2, -0.15) is 0 Å². The molecule has 15 heavy (non-hydrogen) atoms. The van der Waals surface area contributed by atoms with E-state index in [1.54, 1.807) is 12.1 Å². The molecule has 0 N–H and O–H groups in total. The van der Waals surface area contributed by atoms with Gasteiger partial charge in [-0.1, -0.05) is 33.3 Å². The van der Waals surface area contributed by atoms with Crippen LogP contribution >= 0.6 is 0 Å². The molecule has 0 aliphatic rings. The highest BCUT2D eigenvalue weighted by molar-refractivity contribution is 5.29. The Bertz CT molecular complexity index is 315. The summed E-state index contributed by atoms with van der Waals surface area (Å²) in [6.07, 6.45) is 2.42. The van der Waals surface area contributed by atoms with Crippen molar-refractivity contribution in [1.82, 2.24) is 0 Å². The second kappa shape index (κ2) is 5.29. The van der Waals surface area contributed by atoms with Crippen molar-refractivity contribution in [3.05, 3.63) is 35.1 Å². The van der Waals surface area contributed by atoms with Crippen LogP contribution in [-0.4, -0.2) is 0 Å². The summed E-state index contributed by atoms with van der Waals surface area (Å²) in [5.74, 6) is 1.15. The van der Waals surface area contributed by atoms with Gasteiger partial charge < -0.3 is 0 Å². The van der Waals surface area contributed by atoms with Gasteiger partial charge in [-0.05, 0) is 48.4 Å². The van der Waals surface area contributed by atoms with Gasteiger partial charge >= 0.3 is 0 Å². The van der Waals surface area contributed by atoms with Gasteiger partial charge in [0.15, 0.2) is 0 Å². The smallest absolute Gasteiger partial charge is 0.123 e. The first kappa shape index (κ1) is 12.2. The minimum atomic E-state index is -0.132. The van der Waals surface area contributed by atoms with E-state index >= 15 is 0 Å². The fourth-order valence-corrected chi connectivity index (χ4v) is 1.93. The molecule has 0 saturated carbocycles. The van der Waals surface area contributed by atoms with Gasteiger partial charge in [0.2, 0.25) is 0 Å². The van der Waals surface area contributed by atoms with E-state index in [2.05, 4.69) is 20.8 Å². The first-order valence-electron chi connectivity index (χ1n) is 5.76. The van der Waals surface area contributed by atoms with Gasteiger partial charge in [-0.25, -0.2) is 4.39 Å². The summed E-state index contributed by atoms with van der Waals surface area (Å²) in [6.45, 7) is 8.70. The summed E-state index contributed by atoms with van der Waals surface area (Å²) >= 11 is 0. The minimum absolute atomic E-state index is 0.132. The SMILES string of the molecule is Cc1cc(F)ccc1C(C)CCC(C)C. The van der Waals surface area contributed by atoms with Crippen LogP contribution in [0, 0.1) is 18.7 Å². The van der Waals surface area contributed by atoms with Crippen LogP contribution in [-0.2, 0) is 0 Å². The fourth-order valence-electron chi connectivity index (χ4n) is 1.93. The average Bonchev–Trinajstić information content (AvgIpc) is 2.14. The molecule has 1 heteroatoms. The molecule has 1 aromatic rings. The van der Waals surface area contributed by atoms with Gasteiger partial charge in [0.05, 0.1) is 0 Å². The topological polar surface area (TPSA) is 0 Å². The van der Waals surface area contributed by atoms with Crippen molar-refractivity contribution in [3.8, 4) is 0 Å². The summed E-state index contributed by atoms with van der Waals surface area (Å²) < 4.78 is 12.9. The number of halogens is 1. The van der Waals surface area contributed by atoms with Crippen LogP contribution in [0.15, 0.2) is 18.2 Å². The predicted octanol–water partition coefficient (Wildman–Crippen LogP) is 4.67. The van der Waals surface area contributed by atoms with Crippen molar-refractivity contribution >= 4 is 0 Å². The van der Waals surface area contributed by atoms with Crippen molar-refractivity contribution in [2.24, 2.45) is 5.92 Å². The quantitative estimate of drug-likeness (QED) is 0.674. The standard InChI is InChI=1S/C14H21F/c1-10(2)5-6-11(3)14-8-7-13(15)9-12(14)4/h7-11H,5-6H2,1-4H3. The molecule has 84 valence electrons. The molecule has 0 fully saturated rings. The van der Waals surface area contributed by atoms with E-state index in [0.29, 0.717) is 5.92 Å². The Morgan fingerprint density at radius 2 is 1.80 bits per heavy atom. The summed E-state index contributed by atoms with van der Waals surface area (Å²) in [5, 5.41) is 0. The third kappa shape index (κ3) is 3.65. The molecule has 1 aromatic carbocycles. The number of benzene rings is 1. The molecule has 0 nitrogen and oxygen atoms in total. The average molecular weight is 208 g/mol. The zero-order valence-electron chi connectivity index (χ0n) is 10.2. The Balaban J connectivity index is 2.69. The third-order valence-electron chi connectivity index (χ3n) is 2.94. The van der Waals surface area contributed by atoms with E-state index in [-0.39, 0.29) is 5.82 Å². The van der Waals surface area contributed by atoms with Crippen molar-refractivity contribution in [3.63, 3.8) is 0 Å². The van der Waals surface area contributed by atoms with E-state index in [0.717, 1.165) is 11.5 Å². The van der Waals surface area contributed by atoms with Crippen molar-refractivity contribution in [1.29, 1.82) is 0 Å². The van der Waals surface area contributed by atoms with E-state index in [9.17, 15) is 4.39 Å². The van der Waals surface area contributed by atoms with Crippen LogP contribution in [0.3, 0.4) is 0 Å². The lowest BCUT2D eigenvalue weighted by molar-refractivity contribution is 0.515. The molecule has 0 saturated heterocycles. The van der Waals surface area contributed by atoms with Gasteiger partial charge in [0.25, 0.3) is 0 Å². The second-order valence-electron chi connectivity index (χ2n) is 4.87. The molecule has 1 rings (SSSR count). The molecule has 0 bridgehead atoms. The summed E-state index contributed by atoms with van der Waals surface area (Å²) in [6, 6.07) is 5.12. The molecule has 1 atom stereocenters. The molecule has 0 aliphatic carbocycles. The maximum Gasteiger partial charge on any atom is 0.123 e. The van der Waals surface area contributed by atoms with Crippen LogP contribution in [0.1, 0.15) is 50.7 Å². The molecular weight excluding hydrogens is 187 g/mol. The van der Waals surface area contributed by atoms with Crippen LogP contribution in [0.5, 0.6) is 0 Å². The number of hydrogen-bond acceptors (Lipinski definition) is 0. The van der Waals surface area contributed by atoms with Crippen molar-refractivity contribution < 1.29 is 4.39 Å². The number of rotatable bonds is 4. The highest BCUT2D eigenvalue weighted by Crippen LogP contribution is 2.25. The third-order valence-corrected chi connectivity index (χ3v) is 2.94. The highest BCUT2D eigenvalue weighted by atomic mass is 19.1. The molecule has 0 aromatic heterocycles. The Hall–Kier alpha value is -0.850. The van der Waals surface area contributed by atoms with Gasteiger partial charge in [-0.3, -0.25) is 0 Å². The maximum atomic E-state index is 12.9. The Morgan fingerprint density at radius 1 is 1.13 bits per heavy atom. The molecule has 0 spiro atoms. The summed E-state index contributed by atoms with van der Waals surface area (Å²) in [5.41, 5.74) is 2.36. The van der Waals surface area contributed by atoms with E-state index in [1.807, 2.05) is 13.0 Å². The molecule has 0 aliphatic heterocycles. The first-order chi connectivity index (χ1) is 7.00. The Labute approximate surface area is 92.5 Å². The van der Waals surface area contributed by atoms with Crippen LogP contribution < -0.4 is 0 Å². The van der Waals surface area contributed by atoms with E-state index < -0.39 is 0 Å². The van der Waals surface area contributed by atoms with Gasteiger partial charge in [0, 0.05) is 0 Å². The van der Waals surface area contributed by atoms with E-state index in [1.165, 1.54) is 18.4 Å². The number of hydrogen-bond donors (Lipinski definition) is 0. The Morgan fingerprint density at radius 3 is 2.33 bits per heavy atom. The lowest BCUT2D eigenvalue weighted by Gasteiger charge is -2.15. The Kier molecular flexibility index (Phi) is 4.31. The molecule has 0 heterocycles. The zero-order valence-corrected chi connectivity index (χ0v) is 10.2. The maximum absolute atomic E-state index is 12.9. The molecule has 1 unspecified atom stereocenters. The molecule has 0 amide bonds. The van der Waals surface area contributed by atoms with Crippen LogP contribution in [0.4, 0.5) is 4.39 Å². The van der Waals surface area contributed by atoms with Gasteiger partial charge in [-0.15, -0.1) is 0 Å². The predicted molar refractivity (Wildman–Crippen MR) is 63.6 cm³/mol. The van der Waals surface area contributed by atoms with Gasteiger partial charge in [0.1, 0.15) is 5.82 Å². The second-order valence-corrected chi connectivity index (χ2v) is 4.87. The number of aryl methyl sites for hydroxylation is 1. The zero-order chi connectivity index (χ0) is 11.4. The first-order valence-corrected chi connectivity index (χ1v) is 5.76. The highest BCUT2D eigenvalue weighted by Gasteiger charge is 2.09. The van der Waals surface area contributed by atoms with Crippen LogP contribution in [0.25, 0.3) is 0 Å². The lowest BCUT2D eigenvalue weighted by atomic mass is 9.90. The molecule has 0 radical (unpaired) electrons. The summed E-state index contributed by atoms with van der Waals surface area (Å²) in [7, 11) is 0. The van der Waals surface area contributed by atoms with Crippen molar-refractivity contribution in [2.75, 3.05) is 0 Å². The minimum Gasteiger partial charge on any atom is -0.207 e. The molecular formula is C14H21F.